The van der Waals surface area contributed by atoms with E-state index in [-0.39, 0.29) is 6.04 Å². The van der Waals surface area contributed by atoms with Gasteiger partial charge in [0.15, 0.2) is 0 Å². The number of thiophene rings is 1. The molecule has 1 heterocycles. The van der Waals surface area contributed by atoms with Crippen LogP contribution in [-0.4, -0.2) is 34.7 Å². The number of ether oxygens (including phenoxy) is 1. The summed E-state index contributed by atoms with van der Waals surface area (Å²) >= 11 is 1.30. The van der Waals surface area contributed by atoms with E-state index in [1.165, 1.54) is 11.3 Å². The first kappa shape index (κ1) is 16.6. The van der Waals surface area contributed by atoms with Gasteiger partial charge >= 0.3 is 0 Å². The molecule has 0 bridgehead atoms. The largest absolute Gasteiger partial charge is 0.383 e. The Labute approximate surface area is 119 Å². The van der Waals surface area contributed by atoms with Crippen LogP contribution in [0, 0.1) is 0 Å². The summed E-state index contributed by atoms with van der Waals surface area (Å²) in [5, 5.41) is 3.25. The first-order valence-corrected chi connectivity index (χ1v) is 8.60. The molecule has 0 fully saturated rings. The van der Waals surface area contributed by atoms with Crippen LogP contribution in [0.2, 0.25) is 0 Å². The molecule has 0 saturated carbocycles. The van der Waals surface area contributed by atoms with E-state index in [4.69, 9.17) is 4.74 Å². The van der Waals surface area contributed by atoms with Crippen LogP contribution >= 0.6 is 11.3 Å². The van der Waals surface area contributed by atoms with E-state index >= 15 is 0 Å². The fourth-order valence-electron chi connectivity index (χ4n) is 1.59. The first-order valence-electron chi connectivity index (χ1n) is 6.30. The molecule has 0 radical (unpaired) electrons. The highest BCUT2D eigenvalue weighted by Crippen LogP contribution is 2.21. The maximum Gasteiger partial charge on any atom is 0.250 e. The van der Waals surface area contributed by atoms with Gasteiger partial charge in [-0.1, -0.05) is 6.92 Å². The van der Waals surface area contributed by atoms with Crippen LogP contribution < -0.4 is 10.0 Å². The molecule has 1 rings (SSSR count). The molecule has 1 atom stereocenters. The van der Waals surface area contributed by atoms with E-state index < -0.39 is 10.0 Å². The summed E-state index contributed by atoms with van der Waals surface area (Å²) in [5.41, 5.74) is 0. The van der Waals surface area contributed by atoms with Crippen molar-refractivity contribution in [2.75, 3.05) is 20.3 Å². The van der Waals surface area contributed by atoms with Gasteiger partial charge in [-0.3, -0.25) is 0 Å². The van der Waals surface area contributed by atoms with Crippen molar-refractivity contribution in [1.29, 1.82) is 0 Å². The normalized spacial score (nSPS) is 13.6. The van der Waals surface area contributed by atoms with Crippen LogP contribution in [0.5, 0.6) is 0 Å². The molecule has 0 amide bonds. The van der Waals surface area contributed by atoms with Crippen LogP contribution in [0.4, 0.5) is 0 Å². The summed E-state index contributed by atoms with van der Waals surface area (Å²) in [6.45, 7) is 5.87. The van der Waals surface area contributed by atoms with E-state index in [0.29, 0.717) is 17.4 Å². The lowest BCUT2D eigenvalue weighted by Crippen LogP contribution is -2.35. The smallest absolute Gasteiger partial charge is 0.250 e. The number of hydrogen-bond donors (Lipinski definition) is 2. The lowest BCUT2D eigenvalue weighted by molar-refractivity contribution is 0.180. The van der Waals surface area contributed by atoms with E-state index in [2.05, 4.69) is 17.0 Å². The second-order valence-corrected chi connectivity index (χ2v) is 7.48. The predicted molar refractivity (Wildman–Crippen MR) is 78.0 cm³/mol. The van der Waals surface area contributed by atoms with Crippen LogP contribution in [-0.2, 0) is 21.3 Å². The van der Waals surface area contributed by atoms with Crippen molar-refractivity contribution in [3.8, 4) is 0 Å². The molecule has 110 valence electrons. The minimum atomic E-state index is -3.43. The van der Waals surface area contributed by atoms with E-state index in [1.54, 1.807) is 20.1 Å². The Morgan fingerprint density at radius 1 is 1.42 bits per heavy atom. The molecule has 0 aliphatic heterocycles. The van der Waals surface area contributed by atoms with E-state index in [1.807, 2.05) is 6.07 Å². The molecule has 19 heavy (non-hydrogen) atoms. The first-order chi connectivity index (χ1) is 8.99. The zero-order valence-corrected chi connectivity index (χ0v) is 13.2. The fourth-order valence-corrected chi connectivity index (χ4v) is 4.16. The molecule has 7 heteroatoms. The van der Waals surface area contributed by atoms with Crippen molar-refractivity contribution in [1.82, 2.24) is 10.0 Å². The van der Waals surface area contributed by atoms with Crippen LogP contribution in [0.3, 0.4) is 0 Å². The second-order valence-electron chi connectivity index (χ2n) is 4.38. The fraction of sp³-hybridized carbons (Fsp3) is 0.667. The Balaban J connectivity index is 2.63. The number of nitrogens with one attached hydrogen (secondary N) is 2. The molecule has 0 aliphatic carbocycles. The van der Waals surface area contributed by atoms with Crippen molar-refractivity contribution in [2.45, 2.75) is 37.1 Å². The lowest BCUT2D eigenvalue weighted by atomic mass is 10.4. The molecule has 1 aromatic rings. The molecule has 0 saturated heterocycles. The van der Waals surface area contributed by atoms with Crippen molar-refractivity contribution >= 4 is 21.4 Å². The predicted octanol–water partition coefficient (Wildman–Crippen LogP) is 1.56. The maximum atomic E-state index is 12.1. The Morgan fingerprint density at radius 3 is 2.79 bits per heavy atom. The quantitative estimate of drug-likeness (QED) is 0.680. The van der Waals surface area contributed by atoms with Gasteiger partial charge in [0.25, 0.3) is 0 Å². The van der Waals surface area contributed by atoms with Crippen molar-refractivity contribution in [3.63, 3.8) is 0 Å². The third-order valence-electron chi connectivity index (χ3n) is 2.40. The zero-order valence-electron chi connectivity index (χ0n) is 11.6. The van der Waals surface area contributed by atoms with Gasteiger partial charge in [-0.15, -0.1) is 11.3 Å². The standard InChI is InChI=1S/C12H22N2O3S2/c1-4-7-13-8-11-5-6-12(18-11)19(15,16)14-10(2)9-17-3/h5-6,10,13-14H,4,7-9H2,1-3H3. The minimum absolute atomic E-state index is 0.237. The summed E-state index contributed by atoms with van der Waals surface area (Å²) in [7, 11) is -1.88. The molecule has 1 aromatic heterocycles. The Hall–Kier alpha value is -0.470. The molecule has 0 aromatic carbocycles. The average Bonchev–Trinajstić information content (AvgIpc) is 2.78. The van der Waals surface area contributed by atoms with Gasteiger partial charge in [0, 0.05) is 24.6 Å². The Kier molecular flexibility index (Phi) is 6.95. The highest BCUT2D eigenvalue weighted by molar-refractivity contribution is 7.91. The molecule has 1 unspecified atom stereocenters. The van der Waals surface area contributed by atoms with Gasteiger partial charge in [0.1, 0.15) is 4.21 Å². The van der Waals surface area contributed by atoms with E-state index in [9.17, 15) is 8.42 Å². The van der Waals surface area contributed by atoms with Gasteiger partial charge in [-0.25, -0.2) is 13.1 Å². The molecule has 5 nitrogen and oxygen atoms in total. The maximum absolute atomic E-state index is 12.1. The Morgan fingerprint density at radius 2 is 2.16 bits per heavy atom. The SMILES string of the molecule is CCCNCc1ccc(S(=O)(=O)NC(C)COC)s1. The van der Waals surface area contributed by atoms with E-state index in [0.717, 1.165) is 17.8 Å². The van der Waals surface area contributed by atoms with Gasteiger partial charge in [0.05, 0.1) is 6.61 Å². The second kappa shape index (κ2) is 7.96. The third kappa shape index (κ3) is 5.58. The monoisotopic (exact) mass is 306 g/mol. The summed E-state index contributed by atoms with van der Waals surface area (Å²) < 4.78 is 32.0. The topological polar surface area (TPSA) is 67.4 Å². The summed E-state index contributed by atoms with van der Waals surface area (Å²) in [4.78, 5) is 1.02. The van der Waals surface area contributed by atoms with Gasteiger partial charge in [-0.2, -0.15) is 0 Å². The molecule has 0 aliphatic rings. The summed E-state index contributed by atoms with van der Waals surface area (Å²) in [6.07, 6.45) is 1.06. The highest BCUT2D eigenvalue weighted by atomic mass is 32.2. The number of rotatable bonds is 9. The van der Waals surface area contributed by atoms with Crippen molar-refractivity contribution in [3.05, 3.63) is 17.0 Å². The average molecular weight is 306 g/mol. The summed E-state index contributed by atoms with van der Waals surface area (Å²) in [5.74, 6) is 0. The van der Waals surface area contributed by atoms with Crippen molar-refractivity contribution < 1.29 is 13.2 Å². The molecular weight excluding hydrogens is 284 g/mol. The molecule has 2 N–H and O–H groups in total. The molecular formula is C12H22N2O3S2. The van der Waals surface area contributed by atoms with Crippen LogP contribution in [0.1, 0.15) is 25.1 Å². The Bertz CT molecular complexity index is 471. The highest BCUT2D eigenvalue weighted by Gasteiger charge is 2.19. The summed E-state index contributed by atoms with van der Waals surface area (Å²) in [6, 6.07) is 3.26. The van der Waals surface area contributed by atoms with Gasteiger partial charge in [0.2, 0.25) is 10.0 Å². The number of methoxy groups -OCH3 is 1. The van der Waals surface area contributed by atoms with Gasteiger partial charge < -0.3 is 10.1 Å². The zero-order chi connectivity index (χ0) is 14.3. The third-order valence-corrected chi connectivity index (χ3v) is 5.57. The van der Waals surface area contributed by atoms with Crippen LogP contribution in [0.15, 0.2) is 16.3 Å². The van der Waals surface area contributed by atoms with Crippen LogP contribution in [0.25, 0.3) is 0 Å². The molecule has 0 spiro atoms. The van der Waals surface area contributed by atoms with Crippen molar-refractivity contribution in [2.24, 2.45) is 0 Å². The van der Waals surface area contributed by atoms with Gasteiger partial charge in [-0.05, 0) is 32.0 Å². The number of sulfonamides is 1. The number of hydrogen-bond acceptors (Lipinski definition) is 5. The lowest BCUT2D eigenvalue weighted by Gasteiger charge is -2.11. The minimum Gasteiger partial charge on any atom is -0.383 e.